The van der Waals surface area contributed by atoms with E-state index < -0.39 is 0 Å². The van der Waals surface area contributed by atoms with Gasteiger partial charge in [0.15, 0.2) is 5.78 Å². The average molecular weight is 252 g/mol. The highest BCUT2D eigenvalue weighted by molar-refractivity contribution is 6.46. The molecule has 76 valence electrons. The minimum atomic E-state index is -0.0648. The molecule has 1 aromatic carbocycles. The van der Waals surface area contributed by atoms with Gasteiger partial charge in [-0.2, -0.15) is 0 Å². The molecule has 0 saturated heterocycles. The fourth-order valence-electron chi connectivity index (χ4n) is 1.13. The maximum atomic E-state index is 11.6. The van der Waals surface area contributed by atoms with Crippen molar-refractivity contribution in [3.8, 4) is 0 Å². The summed E-state index contributed by atoms with van der Waals surface area (Å²) in [7, 11) is 0. The van der Waals surface area contributed by atoms with E-state index in [2.05, 4.69) is 0 Å². The number of carbonyl (C=O) groups excluding carboxylic acids is 1. The lowest BCUT2D eigenvalue weighted by atomic mass is 10.1. The van der Waals surface area contributed by atoms with E-state index in [1.807, 2.05) is 6.92 Å². The summed E-state index contributed by atoms with van der Waals surface area (Å²) in [4.78, 5) is 11.6. The van der Waals surface area contributed by atoms with Crippen molar-refractivity contribution in [2.75, 3.05) is 0 Å². The number of hydrogen-bond donors (Lipinski definition) is 0. The van der Waals surface area contributed by atoms with Crippen LogP contribution >= 0.6 is 34.8 Å². The molecular formula is C10H9Cl3O. The Labute approximate surface area is 98.0 Å². The predicted octanol–water partition coefficient (Wildman–Crippen LogP) is 4.63. The summed E-state index contributed by atoms with van der Waals surface area (Å²) >= 11 is 17.5. The van der Waals surface area contributed by atoms with Crippen LogP contribution in [0.3, 0.4) is 0 Å². The maximum absolute atomic E-state index is 11.6. The van der Waals surface area contributed by atoms with Crippen LogP contribution in [0.2, 0.25) is 15.1 Å². The van der Waals surface area contributed by atoms with Crippen molar-refractivity contribution >= 4 is 40.6 Å². The molecule has 1 nitrogen and oxygen atoms in total. The Morgan fingerprint density at radius 1 is 1.21 bits per heavy atom. The summed E-state index contributed by atoms with van der Waals surface area (Å²) in [6.07, 6.45) is 1.19. The Morgan fingerprint density at radius 2 is 1.79 bits per heavy atom. The summed E-state index contributed by atoms with van der Waals surface area (Å²) in [5.41, 5.74) is 0.336. The minimum absolute atomic E-state index is 0.0648. The van der Waals surface area contributed by atoms with Crippen LogP contribution in [0.1, 0.15) is 30.1 Å². The lowest BCUT2D eigenvalue weighted by molar-refractivity contribution is 0.0982. The Bertz CT molecular complexity index is 361. The van der Waals surface area contributed by atoms with Gasteiger partial charge in [0.1, 0.15) is 0 Å². The van der Waals surface area contributed by atoms with Gasteiger partial charge in [0.2, 0.25) is 0 Å². The fraction of sp³-hybridized carbons (Fsp3) is 0.300. The van der Waals surface area contributed by atoms with E-state index >= 15 is 0 Å². The van der Waals surface area contributed by atoms with Gasteiger partial charge in [-0.1, -0.05) is 41.7 Å². The zero-order chi connectivity index (χ0) is 10.7. The van der Waals surface area contributed by atoms with Gasteiger partial charge in [-0.25, -0.2) is 0 Å². The lowest BCUT2D eigenvalue weighted by Gasteiger charge is -2.06. The third kappa shape index (κ3) is 2.41. The third-order valence-corrected chi connectivity index (χ3v) is 2.92. The van der Waals surface area contributed by atoms with Gasteiger partial charge in [0.05, 0.1) is 20.6 Å². The van der Waals surface area contributed by atoms with Crippen molar-refractivity contribution in [1.82, 2.24) is 0 Å². The molecule has 1 aromatic rings. The second-order valence-electron chi connectivity index (χ2n) is 2.89. The molecule has 14 heavy (non-hydrogen) atoms. The van der Waals surface area contributed by atoms with Crippen LogP contribution in [-0.4, -0.2) is 5.78 Å². The molecule has 0 aliphatic heterocycles. The molecule has 0 aromatic heterocycles. The summed E-state index contributed by atoms with van der Waals surface area (Å²) in [5, 5.41) is 0.964. The molecule has 0 heterocycles. The maximum Gasteiger partial charge on any atom is 0.165 e. The zero-order valence-corrected chi connectivity index (χ0v) is 9.88. The average Bonchev–Trinajstić information content (AvgIpc) is 2.13. The highest BCUT2D eigenvalue weighted by Crippen LogP contribution is 2.32. The predicted molar refractivity (Wildman–Crippen MR) is 60.7 cm³/mol. The van der Waals surface area contributed by atoms with Gasteiger partial charge < -0.3 is 0 Å². The molecule has 0 bridgehead atoms. The Balaban J connectivity index is 3.18. The van der Waals surface area contributed by atoms with Crippen molar-refractivity contribution < 1.29 is 4.79 Å². The van der Waals surface area contributed by atoms with Crippen molar-refractivity contribution in [2.24, 2.45) is 0 Å². The number of halogens is 3. The molecule has 0 aliphatic rings. The number of Topliss-reactive ketones (excluding diaryl/α,β-unsaturated/α-hetero) is 1. The molecule has 0 spiro atoms. The molecular weight excluding hydrogens is 242 g/mol. The summed E-state index contributed by atoms with van der Waals surface area (Å²) in [6.45, 7) is 1.92. The zero-order valence-electron chi connectivity index (χ0n) is 7.61. The monoisotopic (exact) mass is 250 g/mol. The van der Waals surface area contributed by atoms with Crippen LogP contribution in [0.5, 0.6) is 0 Å². The van der Waals surface area contributed by atoms with Crippen molar-refractivity contribution in [1.29, 1.82) is 0 Å². The van der Waals surface area contributed by atoms with Crippen molar-refractivity contribution in [2.45, 2.75) is 19.8 Å². The summed E-state index contributed by atoms with van der Waals surface area (Å²) < 4.78 is 0. The molecule has 0 saturated carbocycles. The number of carbonyl (C=O) groups is 1. The first-order valence-electron chi connectivity index (χ1n) is 4.24. The van der Waals surface area contributed by atoms with E-state index in [1.54, 1.807) is 12.1 Å². The quantitative estimate of drug-likeness (QED) is 0.565. The van der Waals surface area contributed by atoms with Crippen LogP contribution in [0.15, 0.2) is 12.1 Å². The van der Waals surface area contributed by atoms with E-state index in [0.717, 1.165) is 6.42 Å². The fourth-order valence-corrected chi connectivity index (χ4v) is 1.87. The van der Waals surface area contributed by atoms with E-state index in [-0.39, 0.29) is 10.8 Å². The molecule has 0 aliphatic carbocycles. The molecule has 0 N–H and O–H groups in total. The second-order valence-corrected chi connectivity index (χ2v) is 4.08. The summed E-state index contributed by atoms with van der Waals surface area (Å²) in [6, 6.07) is 3.16. The molecule has 1 rings (SSSR count). The van der Waals surface area contributed by atoms with Crippen LogP contribution in [0.25, 0.3) is 0 Å². The highest BCUT2D eigenvalue weighted by Gasteiger charge is 2.15. The second kappa shape index (κ2) is 5.01. The first-order chi connectivity index (χ1) is 6.57. The molecule has 0 unspecified atom stereocenters. The van der Waals surface area contributed by atoms with E-state index in [1.165, 1.54) is 0 Å². The number of hydrogen-bond acceptors (Lipinski definition) is 1. The lowest BCUT2D eigenvalue weighted by Crippen LogP contribution is -2.00. The van der Waals surface area contributed by atoms with Gasteiger partial charge in [0, 0.05) is 6.42 Å². The van der Waals surface area contributed by atoms with Gasteiger partial charge >= 0.3 is 0 Å². The van der Waals surface area contributed by atoms with Crippen molar-refractivity contribution in [3.63, 3.8) is 0 Å². The molecule has 0 fully saturated rings. The van der Waals surface area contributed by atoms with E-state index in [4.69, 9.17) is 34.8 Å². The van der Waals surface area contributed by atoms with Crippen molar-refractivity contribution in [3.05, 3.63) is 32.8 Å². The molecule has 0 atom stereocenters. The van der Waals surface area contributed by atoms with E-state index in [0.29, 0.717) is 22.0 Å². The molecule has 0 radical (unpaired) electrons. The standard InChI is InChI=1S/C10H9Cl3O/c1-2-3-8(14)9-6(11)4-5-7(12)10(9)13/h4-5H,2-3H2,1H3. The van der Waals surface area contributed by atoms with Crippen LogP contribution in [0, 0.1) is 0 Å². The highest BCUT2D eigenvalue weighted by atomic mass is 35.5. The van der Waals surface area contributed by atoms with Gasteiger partial charge in [0.25, 0.3) is 0 Å². The summed E-state index contributed by atoms with van der Waals surface area (Å²) in [5.74, 6) is -0.0648. The number of benzene rings is 1. The van der Waals surface area contributed by atoms with Crippen LogP contribution in [-0.2, 0) is 0 Å². The topological polar surface area (TPSA) is 17.1 Å². The Kier molecular flexibility index (Phi) is 4.24. The van der Waals surface area contributed by atoms with Crippen LogP contribution in [0.4, 0.5) is 0 Å². The van der Waals surface area contributed by atoms with Gasteiger partial charge in [-0.05, 0) is 18.6 Å². The largest absolute Gasteiger partial charge is 0.294 e. The van der Waals surface area contributed by atoms with Gasteiger partial charge in [-0.3, -0.25) is 4.79 Å². The normalized spacial score (nSPS) is 10.3. The SMILES string of the molecule is CCCC(=O)c1c(Cl)ccc(Cl)c1Cl. The number of ketones is 1. The van der Waals surface area contributed by atoms with Gasteiger partial charge in [-0.15, -0.1) is 0 Å². The third-order valence-electron chi connectivity index (χ3n) is 1.80. The first kappa shape index (κ1) is 11.8. The minimum Gasteiger partial charge on any atom is -0.294 e. The first-order valence-corrected chi connectivity index (χ1v) is 5.38. The molecule has 4 heteroatoms. The Hall–Kier alpha value is -0.240. The molecule has 0 amide bonds. The van der Waals surface area contributed by atoms with E-state index in [9.17, 15) is 4.79 Å². The Morgan fingerprint density at radius 3 is 2.36 bits per heavy atom. The van der Waals surface area contributed by atoms with Crippen LogP contribution < -0.4 is 0 Å². The smallest absolute Gasteiger partial charge is 0.165 e. The number of rotatable bonds is 3.